The average molecular weight is 1130 g/mol. The van der Waals surface area contributed by atoms with Crippen molar-refractivity contribution in [1.82, 2.24) is 0 Å². The van der Waals surface area contributed by atoms with Crippen molar-refractivity contribution in [3.05, 3.63) is 358 Å². The summed E-state index contributed by atoms with van der Waals surface area (Å²) in [5.41, 5.74) is 27.0. The summed E-state index contributed by atoms with van der Waals surface area (Å²) < 4.78 is 0. The summed E-state index contributed by atoms with van der Waals surface area (Å²) in [6.07, 6.45) is 3.62. The number of para-hydroxylation sites is 2. The Morgan fingerprint density at radius 2 is 0.534 bits per heavy atom. The molecule has 16 rings (SSSR count). The molecule has 0 spiro atoms. The molecule has 0 saturated carbocycles. The van der Waals surface area contributed by atoms with Gasteiger partial charge in [-0.05, 0) is 173 Å². The number of hydrogen-bond acceptors (Lipinski definition) is 2. The molecule has 0 heterocycles. The molecule has 14 aromatic rings. The average Bonchev–Trinajstić information content (AvgIpc) is 1.51. The standard InChI is InChI=1S/C86H68N2/c1-5-57-25-23-26-58(6-2)83(57)87(67-49-45-65(46-50-67)85(63-29-11-9-12-30-63)75-37-19-15-33-69(75)70-34-16-20-38-76(70)85)79-55-43-61-42-54-74-80(56-44-62-41-53-73(79)81(61)82(62)74)88(84-59(7-3)27-24-28-60(84)8-4)68-51-47-66(48-52-68)86(64-31-13-10-14-32-64)77-39-21-17-35-71(77)72-36-18-22-40-78(72)86/h9-56H,5-8H2,1-4H3. The van der Waals surface area contributed by atoms with E-state index >= 15 is 0 Å². The van der Waals surface area contributed by atoms with E-state index < -0.39 is 10.8 Å². The fraction of sp³-hybridized carbons (Fsp3) is 0.116. The molecule has 0 aliphatic heterocycles. The zero-order valence-corrected chi connectivity index (χ0v) is 50.4. The summed E-state index contributed by atoms with van der Waals surface area (Å²) in [6, 6.07) is 111. The number of rotatable bonds is 14. The lowest BCUT2D eigenvalue weighted by molar-refractivity contribution is 0.768. The Kier molecular flexibility index (Phi) is 12.9. The van der Waals surface area contributed by atoms with Gasteiger partial charge in [0.05, 0.1) is 33.6 Å². The van der Waals surface area contributed by atoms with Crippen molar-refractivity contribution in [1.29, 1.82) is 0 Å². The molecule has 2 aliphatic rings. The Bertz CT molecular complexity index is 4510. The highest BCUT2D eigenvalue weighted by atomic mass is 15.2. The van der Waals surface area contributed by atoms with Crippen LogP contribution in [0.3, 0.4) is 0 Å². The lowest BCUT2D eigenvalue weighted by Crippen LogP contribution is -2.28. The third kappa shape index (κ3) is 7.74. The van der Waals surface area contributed by atoms with Crippen molar-refractivity contribution < 1.29 is 0 Å². The molecule has 0 aromatic heterocycles. The van der Waals surface area contributed by atoms with E-state index in [-0.39, 0.29) is 0 Å². The number of hydrogen-bond donors (Lipinski definition) is 0. The van der Waals surface area contributed by atoms with Gasteiger partial charge in [-0.1, -0.05) is 282 Å². The Morgan fingerprint density at radius 1 is 0.250 bits per heavy atom. The van der Waals surface area contributed by atoms with Crippen molar-refractivity contribution in [3.8, 4) is 22.3 Å². The van der Waals surface area contributed by atoms with E-state index in [1.165, 1.54) is 144 Å². The number of fused-ring (bicyclic) bond motifs is 6. The second-order valence-electron chi connectivity index (χ2n) is 24.0. The van der Waals surface area contributed by atoms with Crippen LogP contribution in [0.1, 0.15) is 94.5 Å². The maximum atomic E-state index is 2.60. The molecular formula is C86H68N2. The van der Waals surface area contributed by atoms with E-state index in [0.717, 1.165) is 37.1 Å². The van der Waals surface area contributed by atoms with E-state index in [1.807, 2.05) is 0 Å². The fourth-order valence-corrected chi connectivity index (χ4v) is 16.1. The summed E-state index contributed by atoms with van der Waals surface area (Å²) in [6.45, 7) is 9.21. The zero-order chi connectivity index (χ0) is 59.1. The molecular weight excluding hydrogens is 1060 g/mol. The first-order valence-corrected chi connectivity index (χ1v) is 31.7. The highest BCUT2D eigenvalue weighted by molar-refractivity contribution is 6.28. The van der Waals surface area contributed by atoms with Crippen LogP contribution >= 0.6 is 0 Å². The molecule has 2 aliphatic carbocycles. The predicted molar refractivity (Wildman–Crippen MR) is 372 cm³/mol. The van der Waals surface area contributed by atoms with Crippen LogP contribution in [0.25, 0.3) is 54.6 Å². The second-order valence-corrected chi connectivity index (χ2v) is 24.0. The SMILES string of the molecule is CCc1cccc(CC)c1N(c1ccc(C2(c3ccccc3)c3ccccc3-c3ccccc32)cc1)c1ccc2ccc3c(N(c4ccc(C5(c6ccccc6)c6ccccc6-c6ccccc65)cc4)c4c(CC)cccc4CC)ccc4ccc1c2c43. The number of aryl methyl sites for hydroxylation is 4. The number of nitrogens with zero attached hydrogens (tertiary/aromatic N) is 2. The van der Waals surface area contributed by atoms with Gasteiger partial charge < -0.3 is 9.80 Å². The fourth-order valence-electron chi connectivity index (χ4n) is 16.1. The van der Waals surface area contributed by atoms with Gasteiger partial charge >= 0.3 is 0 Å². The van der Waals surface area contributed by atoms with Gasteiger partial charge in [-0.2, -0.15) is 0 Å². The first-order chi connectivity index (χ1) is 43.5. The number of benzene rings is 14. The molecule has 2 nitrogen and oxygen atoms in total. The monoisotopic (exact) mass is 1130 g/mol. The number of anilines is 6. The summed E-state index contributed by atoms with van der Waals surface area (Å²) in [5.74, 6) is 0. The molecule has 0 unspecified atom stereocenters. The lowest BCUT2D eigenvalue weighted by Gasteiger charge is -2.35. The Morgan fingerprint density at radius 3 is 0.852 bits per heavy atom. The summed E-state index contributed by atoms with van der Waals surface area (Å²) in [7, 11) is 0. The zero-order valence-electron chi connectivity index (χ0n) is 50.4. The lowest BCUT2D eigenvalue weighted by atomic mass is 9.67. The van der Waals surface area contributed by atoms with Crippen LogP contribution in [0.4, 0.5) is 34.1 Å². The van der Waals surface area contributed by atoms with Crippen molar-refractivity contribution in [2.75, 3.05) is 9.80 Å². The molecule has 0 fully saturated rings. The van der Waals surface area contributed by atoms with Crippen molar-refractivity contribution >= 4 is 66.4 Å². The van der Waals surface area contributed by atoms with Gasteiger partial charge in [0.1, 0.15) is 0 Å². The van der Waals surface area contributed by atoms with Gasteiger partial charge in [0.2, 0.25) is 0 Å². The molecule has 0 N–H and O–H groups in total. The third-order valence-electron chi connectivity index (χ3n) is 19.9. The summed E-state index contributed by atoms with van der Waals surface area (Å²) in [5, 5.41) is 7.48. The van der Waals surface area contributed by atoms with E-state index in [4.69, 9.17) is 0 Å². The summed E-state index contributed by atoms with van der Waals surface area (Å²) >= 11 is 0. The molecule has 422 valence electrons. The topological polar surface area (TPSA) is 6.48 Å². The molecule has 0 saturated heterocycles. The van der Waals surface area contributed by atoms with Crippen molar-refractivity contribution in [3.63, 3.8) is 0 Å². The van der Waals surface area contributed by atoms with Crippen molar-refractivity contribution in [2.45, 2.75) is 64.2 Å². The second kappa shape index (κ2) is 21.3. The van der Waals surface area contributed by atoms with Gasteiger partial charge in [0.15, 0.2) is 0 Å². The highest BCUT2D eigenvalue weighted by Gasteiger charge is 2.47. The van der Waals surface area contributed by atoms with Gasteiger partial charge in [0, 0.05) is 22.1 Å². The minimum Gasteiger partial charge on any atom is -0.309 e. The smallest absolute Gasteiger partial charge is 0.0713 e. The van der Waals surface area contributed by atoms with E-state index in [9.17, 15) is 0 Å². The van der Waals surface area contributed by atoms with Crippen LogP contribution in [0.15, 0.2) is 291 Å². The van der Waals surface area contributed by atoms with Crippen LogP contribution in [0.2, 0.25) is 0 Å². The van der Waals surface area contributed by atoms with Gasteiger partial charge in [-0.15, -0.1) is 0 Å². The quantitative estimate of drug-likeness (QED) is 0.100. The minimum atomic E-state index is -0.497. The summed E-state index contributed by atoms with van der Waals surface area (Å²) in [4.78, 5) is 5.20. The molecule has 0 atom stereocenters. The first kappa shape index (κ1) is 53.2. The van der Waals surface area contributed by atoms with Crippen LogP contribution in [-0.4, -0.2) is 0 Å². The Balaban J connectivity index is 0.899. The van der Waals surface area contributed by atoms with Crippen LogP contribution in [-0.2, 0) is 36.5 Å². The predicted octanol–water partition coefficient (Wildman–Crippen LogP) is 22.5. The highest BCUT2D eigenvalue weighted by Crippen LogP contribution is 2.59. The van der Waals surface area contributed by atoms with Crippen LogP contribution in [0.5, 0.6) is 0 Å². The van der Waals surface area contributed by atoms with Gasteiger partial charge in [0.25, 0.3) is 0 Å². The van der Waals surface area contributed by atoms with Gasteiger partial charge in [-0.25, -0.2) is 0 Å². The normalized spacial score (nSPS) is 13.4. The molecule has 14 aromatic carbocycles. The van der Waals surface area contributed by atoms with E-state index in [2.05, 4.69) is 329 Å². The maximum Gasteiger partial charge on any atom is 0.0713 e. The van der Waals surface area contributed by atoms with E-state index in [0.29, 0.717) is 0 Å². The molecule has 88 heavy (non-hydrogen) atoms. The Labute approximate surface area is 517 Å². The first-order valence-electron chi connectivity index (χ1n) is 31.7. The van der Waals surface area contributed by atoms with Crippen LogP contribution < -0.4 is 9.80 Å². The molecule has 2 heteroatoms. The molecule has 0 radical (unpaired) electrons. The Hall–Kier alpha value is -10.3. The largest absolute Gasteiger partial charge is 0.309 e. The van der Waals surface area contributed by atoms with E-state index in [1.54, 1.807) is 0 Å². The van der Waals surface area contributed by atoms with Gasteiger partial charge in [-0.3, -0.25) is 0 Å². The minimum absolute atomic E-state index is 0.497. The van der Waals surface area contributed by atoms with Crippen LogP contribution in [0, 0.1) is 0 Å². The van der Waals surface area contributed by atoms with Crippen molar-refractivity contribution in [2.24, 2.45) is 0 Å². The third-order valence-corrected chi connectivity index (χ3v) is 19.9. The maximum absolute atomic E-state index is 2.60. The molecule has 0 amide bonds. The molecule has 0 bridgehead atoms.